The molecule has 0 saturated carbocycles. The standard InChI is InChI=1S/C17H15ClFN5O2/c1-2-10(8-23-19)12-4-3-11(7-13(12)18)24-5-6-26-16-14(17(24)25)15(20)21-9-22-16/h2-4,7-9H,5-6H2,1H3,(H2,20,21,22)/b10-2+,23-8?. The Morgan fingerprint density at radius 1 is 1.46 bits per heavy atom. The number of aromatic nitrogens is 2. The number of nitrogens with zero attached hydrogens (tertiary/aromatic N) is 4. The fourth-order valence-corrected chi connectivity index (χ4v) is 2.95. The molecular formula is C17H15ClFN5O2. The molecule has 2 heterocycles. The number of rotatable bonds is 3. The molecule has 1 aliphatic rings. The van der Waals surface area contributed by atoms with Crippen LogP contribution in [0.4, 0.5) is 16.0 Å². The number of amides is 1. The molecule has 0 unspecified atom stereocenters. The molecule has 1 aromatic heterocycles. The molecule has 3 rings (SSSR count). The summed E-state index contributed by atoms with van der Waals surface area (Å²) in [6, 6.07) is 5.02. The van der Waals surface area contributed by atoms with Crippen LogP contribution in [-0.2, 0) is 0 Å². The minimum atomic E-state index is -0.379. The molecule has 2 aromatic rings. The van der Waals surface area contributed by atoms with Gasteiger partial charge >= 0.3 is 0 Å². The predicted octanol–water partition coefficient (Wildman–Crippen LogP) is 3.11. The van der Waals surface area contributed by atoms with Crippen LogP contribution in [0, 0.1) is 0 Å². The molecule has 0 aliphatic carbocycles. The SMILES string of the molecule is C/C=C(\C=NF)c1ccc(N2CCOc3ncnc(N)c3C2=O)cc1Cl. The van der Waals surface area contributed by atoms with Gasteiger partial charge in [0.2, 0.25) is 5.88 Å². The highest BCUT2D eigenvalue weighted by molar-refractivity contribution is 6.34. The van der Waals surface area contributed by atoms with Gasteiger partial charge < -0.3 is 15.4 Å². The van der Waals surface area contributed by atoms with Crippen molar-refractivity contribution in [1.29, 1.82) is 0 Å². The van der Waals surface area contributed by atoms with E-state index in [1.807, 2.05) is 0 Å². The van der Waals surface area contributed by atoms with E-state index in [0.717, 1.165) is 6.21 Å². The quantitative estimate of drug-likeness (QED) is 0.832. The highest BCUT2D eigenvalue weighted by Gasteiger charge is 2.29. The average molecular weight is 376 g/mol. The van der Waals surface area contributed by atoms with E-state index in [2.05, 4.69) is 15.2 Å². The first-order valence-corrected chi connectivity index (χ1v) is 8.10. The lowest BCUT2D eigenvalue weighted by Gasteiger charge is -2.21. The third-order valence-corrected chi connectivity index (χ3v) is 4.24. The highest BCUT2D eigenvalue weighted by atomic mass is 35.5. The van der Waals surface area contributed by atoms with Gasteiger partial charge in [-0.2, -0.15) is 0 Å². The third kappa shape index (κ3) is 3.23. The molecule has 1 aliphatic heterocycles. The number of anilines is 2. The van der Waals surface area contributed by atoms with Crippen molar-refractivity contribution in [1.82, 2.24) is 9.97 Å². The zero-order valence-electron chi connectivity index (χ0n) is 13.8. The van der Waals surface area contributed by atoms with Gasteiger partial charge in [-0.25, -0.2) is 9.97 Å². The summed E-state index contributed by atoms with van der Waals surface area (Å²) in [5.41, 5.74) is 7.61. The topological polar surface area (TPSA) is 93.7 Å². The Bertz CT molecular complexity index is 916. The molecule has 0 fully saturated rings. The van der Waals surface area contributed by atoms with Gasteiger partial charge in [-0.3, -0.25) is 4.79 Å². The monoisotopic (exact) mass is 375 g/mol. The van der Waals surface area contributed by atoms with E-state index in [-0.39, 0.29) is 36.3 Å². The fraction of sp³-hybridized carbons (Fsp3) is 0.176. The van der Waals surface area contributed by atoms with Gasteiger partial charge in [0.15, 0.2) is 0 Å². The van der Waals surface area contributed by atoms with E-state index < -0.39 is 0 Å². The number of hydrogen-bond acceptors (Lipinski definition) is 6. The molecule has 0 atom stereocenters. The molecular weight excluding hydrogens is 361 g/mol. The molecule has 0 spiro atoms. The van der Waals surface area contributed by atoms with Gasteiger partial charge in [-0.05, 0) is 24.6 Å². The summed E-state index contributed by atoms with van der Waals surface area (Å²) in [5, 5.41) is 2.89. The predicted molar refractivity (Wildman–Crippen MR) is 98.3 cm³/mol. The zero-order chi connectivity index (χ0) is 18.7. The maximum Gasteiger partial charge on any atom is 0.267 e. The van der Waals surface area contributed by atoms with Crippen LogP contribution >= 0.6 is 11.6 Å². The van der Waals surface area contributed by atoms with Crippen LogP contribution in [0.25, 0.3) is 5.57 Å². The van der Waals surface area contributed by atoms with Crippen molar-refractivity contribution >= 4 is 40.8 Å². The number of ether oxygens (including phenoxy) is 1. The van der Waals surface area contributed by atoms with E-state index in [1.54, 1.807) is 31.2 Å². The molecule has 0 bridgehead atoms. The number of fused-ring (bicyclic) bond motifs is 1. The normalized spacial score (nSPS) is 15.0. The summed E-state index contributed by atoms with van der Waals surface area (Å²) < 4.78 is 17.8. The number of nitrogen functional groups attached to an aromatic ring is 1. The van der Waals surface area contributed by atoms with E-state index in [1.165, 1.54) is 11.2 Å². The summed E-state index contributed by atoms with van der Waals surface area (Å²) >= 11 is 6.33. The molecule has 1 aromatic carbocycles. The molecule has 1 amide bonds. The van der Waals surface area contributed by atoms with Crippen LogP contribution in [0.5, 0.6) is 5.88 Å². The smallest absolute Gasteiger partial charge is 0.267 e. The van der Waals surface area contributed by atoms with Gasteiger partial charge in [0.05, 0.1) is 17.8 Å². The first-order valence-electron chi connectivity index (χ1n) is 7.72. The van der Waals surface area contributed by atoms with Crippen molar-refractivity contribution in [3.63, 3.8) is 0 Å². The van der Waals surface area contributed by atoms with Crippen LogP contribution in [0.15, 0.2) is 35.8 Å². The second-order valence-electron chi connectivity index (χ2n) is 5.38. The van der Waals surface area contributed by atoms with Crippen LogP contribution < -0.4 is 15.4 Å². The number of hydrogen-bond donors (Lipinski definition) is 1. The van der Waals surface area contributed by atoms with Crippen molar-refractivity contribution in [2.45, 2.75) is 6.92 Å². The average Bonchev–Trinajstić information content (AvgIpc) is 2.80. The summed E-state index contributed by atoms with van der Waals surface area (Å²) in [4.78, 5) is 22.2. The Labute approximate surface area is 153 Å². The molecule has 9 heteroatoms. The molecule has 7 nitrogen and oxygen atoms in total. The van der Waals surface area contributed by atoms with Gasteiger partial charge in [0.1, 0.15) is 24.3 Å². The van der Waals surface area contributed by atoms with Gasteiger partial charge in [0.25, 0.3) is 5.91 Å². The van der Waals surface area contributed by atoms with Crippen LogP contribution in [-0.4, -0.2) is 35.2 Å². The van der Waals surface area contributed by atoms with Gasteiger partial charge in [0, 0.05) is 11.3 Å². The number of carbonyl (C=O) groups is 1. The van der Waals surface area contributed by atoms with Crippen molar-refractivity contribution in [2.75, 3.05) is 23.8 Å². The summed E-state index contributed by atoms with van der Waals surface area (Å²) in [7, 11) is 0. The van der Waals surface area contributed by atoms with Gasteiger partial charge in [-0.15, -0.1) is 0 Å². The Balaban J connectivity index is 2.00. The Kier molecular flexibility index (Phi) is 5.13. The summed E-state index contributed by atoms with van der Waals surface area (Å²) in [5.74, 6) is -0.177. The second kappa shape index (κ2) is 7.49. The minimum Gasteiger partial charge on any atom is -0.475 e. The zero-order valence-corrected chi connectivity index (χ0v) is 14.6. The summed E-state index contributed by atoms with van der Waals surface area (Å²) in [6.45, 7) is 2.27. The Hall–Kier alpha value is -3.00. The first-order chi connectivity index (χ1) is 12.6. The summed E-state index contributed by atoms with van der Waals surface area (Å²) in [6.07, 6.45) is 4.00. The first kappa shape index (κ1) is 17.8. The van der Waals surface area contributed by atoms with Crippen molar-refractivity contribution in [2.24, 2.45) is 5.21 Å². The fourth-order valence-electron chi connectivity index (χ4n) is 2.67. The lowest BCUT2D eigenvalue weighted by Crippen LogP contribution is -2.32. The van der Waals surface area contributed by atoms with Crippen molar-refractivity contribution in [3.05, 3.63) is 46.8 Å². The molecule has 0 saturated heterocycles. The minimum absolute atomic E-state index is 0.0463. The van der Waals surface area contributed by atoms with E-state index in [9.17, 15) is 9.28 Å². The number of nitrogens with two attached hydrogens (primary N) is 1. The van der Waals surface area contributed by atoms with Gasteiger partial charge in [-0.1, -0.05) is 33.4 Å². The number of allylic oxidation sites excluding steroid dienone is 2. The van der Waals surface area contributed by atoms with Crippen molar-refractivity contribution in [3.8, 4) is 5.88 Å². The van der Waals surface area contributed by atoms with Crippen LogP contribution in [0.1, 0.15) is 22.8 Å². The number of carbonyl (C=O) groups excluding carboxylic acids is 1. The molecule has 134 valence electrons. The van der Waals surface area contributed by atoms with E-state index >= 15 is 0 Å². The van der Waals surface area contributed by atoms with Crippen LogP contribution in [0.3, 0.4) is 0 Å². The van der Waals surface area contributed by atoms with E-state index in [4.69, 9.17) is 22.1 Å². The third-order valence-electron chi connectivity index (χ3n) is 3.93. The Morgan fingerprint density at radius 2 is 2.27 bits per heavy atom. The van der Waals surface area contributed by atoms with E-state index in [0.29, 0.717) is 21.8 Å². The molecule has 26 heavy (non-hydrogen) atoms. The molecule has 0 radical (unpaired) electrons. The lowest BCUT2D eigenvalue weighted by atomic mass is 10.1. The lowest BCUT2D eigenvalue weighted by molar-refractivity contribution is 0.0990. The largest absolute Gasteiger partial charge is 0.475 e. The number of benzene rings is 1. The van der Waals surface area contributed by atoms with Crippen molar-refractivity contribution < 1.29 is 14.0 Å². The maximum absolute atomic E-state index is 12.9. The maximum atomic E-state index is 12.9. The highest BCUT2D eigenvalue weighted by Crippen LogP contribution is 2.31. The Morgan fingerprint density at radius 3 is 2.96 bits per heavy atom. The number of halogens is 2. The van der Waals surface area contributed by atoms with Crippen LogP contribution in [0.2, 0.25) is 5.02 Å². The second-order valence-corrected chi connectivity index (χ2v) is 5.79. The molecule has 2 N–H and O–H groups in total.